The van der Waals surface area contributed by atoms with Crippen molar-refractivity contribution in [2.45, 2.75) is 20.0 Å². The van der Waals surface area contributed by atoms with Crippen LogP contribution in [0.4, 0.5) is 22.7 Å². The molecule has 0 heterocycles. The molecule has 0 saturated carbocycles. The summed E-state index contributed by atoms with van der Waals surface area (Å²) in [6.45, 7) is 2.58. The number of ether oxygens (including phenoxy) is 1. The van der Waals surface area contributed by atoms with E-state index in [0.29, 0.717) is 12.3 Å². The van der Waals surface area contributed by atoms with Gasteiger partial charge < -0.3 is 15.4 Å². The van der Waals surface area contributed by atoms with E-state index in [0.717, 1.165) is 40.4 Å². The highest BCUT2D eigenvalue weighted by Gasteiger charge is 2.15. The van der Waals surface area contributed by atoms with E-state index < -0.39 is 0 Å². The van der Waals surface area contributed by atoms with Crippen LogP contribution in [-0.4, -0.2) is 0 Å². The summed E-state index contributed by atoms with van der Waals surface area (Å²) < 4.78 is 6.07. The van der Waals surface area contributed by atoms with Gasteiger partial charge in [0.1, 0.15) is 12.4 Å². The summed E-state index contributed by atoms with van der Waals surface area (Å²) in [5.41, 5.74) is 19.7. The van der Waals surface area contributed by atoms with Crippen molar-refractivity contribution in [2.24, 2.45) is 0 Å². The van der Waals surface area contributed by atoms with Crippen LogP contribution in [0.25, 0.3) is 33.4 Å². The van der Waals surface area contributed by atoms with Crippen LogP contribution in [0, 0.1) is 0 Å². The number of nitrogens with two attached hydrogens (primary N) is 1. The van der Waals surface area contributed by atoms with Gasteiger partial charge in [0, 0.05) is 17.1 Å². The molecule has 0 aromatic heterocycles. The predicted octanol–water partition coefficient (Wildman–Crippen LogP) is 11.9. The molecule has 0 amide bonds. The molecule has 234 valence electrons. The number of nitrogen functional groups attached to an aromatic ring is 1. The number of nitrogens with zero attached hydrogens (tertiary/aromatic N) is 1. The Labute approximate surface area is 283 Å². The lowest BCUT2D eigenvalue weighted by Crippen LogP contribution is -2.09. The van der Waals surface area contributed by atoms with Gasteiger partial charge >= 0.3 is 0 Å². The molecule has 48 heavy (non-hydrogen) atoms. The van der Waals surface area contributed by atoms with Crippen LogP contribution < -0.4 is 15.4 Å². The average Bonchev–Trinajstić information content (AvgIpc) is 3.16. The van der Waals surface area contributed by atoms with Gasteiger partial charge in [0.2, 0.25) is 0 Å². The minimum absolute atomic E-state index is 0.461. The van der Waals surface area contributed by atoms with Crippen molar-refractivity contribution < 1.29 is 4.74 Å². The van der Waals surface area contributed by atoms with Gasteiger partial charge in [0.15, 0.2) is 0 Å². The van der Waals surface area contributed by atoms with E-state index in [-0.39, 0.29) is 0 Å². The normalized spacial score (nSPS) is 10.9. The molecule has 0 bridgehead atoms. The first-order valence-corrected chi connectivity index (χ1v) is 16.5. The third-order valence-corrected chi connectivity index (χ3v) is 8.75. The number of anilines is 4. The fraction of sp³-hybridized carbons (Fsp3) is 0.0667. The van der Waals surface area contributed by atoms with Crippen molar-refractivity contribution in [3.63, 3.8) is 0 Å². The average molecular weight is 623 g/mol. The molecule has 0 aliphatic heterocycles. The summed E-state index contributed by atoms with van der Waals surface area (Å²) >= 11 is 0. The van der Waals surface area contributed by atoms with Crippen molar-refractivity contribution in [3.05, 3.63) is 187 Å². The van der Waals surface area contributed by atoms with Gasteiger partial charge in [-0.15, -0.1) is 0 Å². The van der Waals surface area contributed by atoms with Gasteiger partial charge in [-0.1, -0.05) is 134 Å². The van der Waals surface area contributed by atoms with E-state index in [4.69, 9.17) is 10.5 Å². The Hall–Kier alpha value is -6.06. The lowest BCUT2D eigenvalue weighted by atomic mass is 9.89. The van der Waals surface area contributed by atoms with Gasteiger partial charge in [-0.2, -0.15) is 0 Å². The smallest absolute Gasteiger partial charge is 0.142 e. The minimum atomic E-state index is 0.461. The van der Waals surface area contributed by atoms with Crippen LogP contribution in [0.2, 0.25) is 0 Å². The molecule has 3 nitrogen and oxygen atoms in total. The molecule has 0 saturated heterocycles. The van der Waals surface area contributed by atoms with Crippen molar-refractivity contribution in [1.29, 1.82) is 0 Å². The third-order valence-electron chi connectivity index (χ3n) is 8.75. The van der Waals surface area contributed by atoms with Gasteiger partial charge in [0.05, 0.1) is 5.69 Å². The molecule has 3 heteroatoms. The van der Waals surface area contributed by atoms with Crippen LogP contribution in [-0.2, 0) is 13.0 Å². The first kappa shape index (κ1) is 30.6. The predicted molar refractivity (Wildman–Crippen MR) is 202 cm³/mol. The summed E-state index contributed by atoms with van der Waals surface area (Å²) in [7, 11) is 0. The summed E-state index contributed by atoms with van der Waals surface area (Å²) in [5, 5.41) is 0. The molecule has 0 fully saturated rings. The second kappa shape index (κ2) is 14.1. The lowest BCUT2D eigenvalue weighted by Gasteiger charge is -2.25. The van der Waals surface area contributed by atoms with Crippen LogP contribution in [0.3, 0.4) is 0 Å². The maximum atomic E-state index is 6.23. The molecule has 7 aromatic carbocycles. The van der Waals surface area contributed by atoms with Gasteiger partial charge in [0.25, 0.3) is 0 Å². The van der Waals surface area contributed by atoms with E-state index in [1.165, 1.54) is 33.4 Å². The molecular weight excluding hydrogens is 585 g/mol. The highest BCUT2D eigenvalue weighted by molar-refractivity contribution is 5.92. The van der Waals surface area contributed by atoms with E-state index >= 15 is 0 Å². The van der Waals surface area contributed by atoms with Crippen molar-refractivity contribution in [2.75, 3.05) is 10.6 Å². The maximum Gasteiger partial charge on any atom is 0.142 e. The van der Waals surface area contributed by atoms with Gasteiger partial charge in [-0.25, -0.2) is 0 Å². The van der Waals surface area contributed by atoms with E-state index in [1.54, 1.807) is 0 Å². The Bertz CT molecular complexity index is 2070. The summed E-state index contributed by atoms with van der Waals surface area (Å²) in [6, 6.07) is 61.9. The molecule has 7 rings (SSSR count). The Morgan fingerprint density at radius 1 is 0.458 bits per heavy atom. The van der Waals surface area contributed by atoms with Gasteiger partial charge in [-0.3, -0.25) is 0 Å². The number of rotatable bonds is 10. The quantitative estimate of drug-likeness (QED) is 0.154. The Balaban J connectivity index is 1.16. The summed E-state index contributed by atoms with van der Waals surface area (Å²) in [5.74, 6) is 0.721. The number of hydrogen-bond acceptors (Lipinski definition) is 3. The van der Waals surface area contributed by atoms with Crippen LogP contribution >= 0.6 is 0 Å². The molecule has 0 spiro atoms. The molecule has 7 aromatic rings. The first-order chi connectivity index (χ1) is 23.7. The fourth-order valence-electron chi connectivity index (χ4n) is 6.22. The second-order valence-corrected chi connectivity index (χ2v) is 11.9. The minimum Gasteiger partial charge on any atom is -0.487 e. The van der Waals surface area contributed by atoms with Gasteiger partial charge in [-0.05, 0) is 99.5 Å². The SMILES string of the molecule is CCc1ccc(OCc2ccc(-c3ccccc3-c3ccccc3-c3ccc(N(c4ccccc4)c4ccccc4)cc3)cc2)c(N)c1. The zero-order chi connectivity index (χ0) is 32.7. The first-order valence-electron chi connectivity index (χ1n) is 16.5. The number of para-hydroxylation sites is 2. The molecule has 0 aliphatic rings. The molecule has 0 aliphatic carbocycles. The fourth-order valence-corrected chi connectivity index (χ4v) is 6.22. The van der Waals surface area contributed by atoms with E-state index in [9.17, 15) is 0 Å². The van der Waals surface area contributed by atoms with Crippen LogP contribution in [0.1, 0.15) is 18.1 Å². The van der Waals surface area contributed by atoms with Crippen molar-refractivity contribution in [3.8, 4) is 39.1 Å². The monoisotopic (exact) mass is 622 g/mol. The summed E-state index contributed by atoms with van der Waals surface area (Å²) in [4.78, 5) is 2.29. The zero-order valence-corrected chi connectivity index (χ0v) is 27.1. The molecule has 0 radical (unpaired) electrons. The topological polar surface area (TPSA) is 38.5 Å². The largest absolute Gasteiger partial charge is 0.487 e. The maximum absolute atomic E-state index is 6.23. The molecule has 0 unspecified atom stereocenters. The van der Waals surface area contributed by atoms with E-state index in [2.05, 4.69) is 176 Å². The Morgan fingerprint density at radius 3 is 1.40 bits per heavy atom. The number of aryl methyl sites for hydroxylation is 1. The summed E-state index contributed by atoms with van der Waals surface area (Å²) in [6.07, 6.45) is 0.951. The van der Waals surface area contributed by atoms with Crippen molar-refractivity contribution >= 4 is 22.7 Å². The van der Waals surface area contributed by atoms with Crippen molar-refractivity contribution in [1.82, 2.24) is 0 Å². The second-order valence-electron chi connectivity index (χ2n) is 11.9. The highest BCUT2D eigenvalue weighted by Crippen LogP contribution is 2.40. The Morgan fingerprint density at radius 2 is 0.896 bits per heavy atom. The molecule has 2 N–H and O–H groups in total. The molecule has 0 atom stereocenters. The zero-order valence-electron chi connectivity index (χ0n) is 27.1. The Kier molecular flexibility index (Phi) is 9.02. The lowest BCUT2D eigenvalue weighted by molar-refractivity contribution is 0.308. The van der Waals surface area contributed by atoms with Crippen LogP contribution in [0.5, 0.6) is 5.75 Å². The number of benzene rings is 7. The number of hydrogen-bond donors (Lipinski definition) is 1. The third kappa shape index (κ3) is 6.58. The standard InChI is InChI=1S/C45H38N2O/c1-2-33-23-30-45(44(46)31-33)48-32-34-21-24-35(25-22-34)40-17-9-11-19-42(40)43-20-12-10-18-41(43)36-26-28-39(29-27-36)47(37-13-5-3-6-14-37)38-15-7-4-8-16-38/h3-31H,2,32,46H2,1H3. The van der Waals surface area contributed by atoms with Crippen LogP contribution in [0.15, 0.2) is 176 Å². The highest BCUT2D eigenvalue weighted by atomic mass is 16.5. The van der Waals surface area contributed by atoms with E-state index in [1.807, 2.05) is 12.1 Å². The molecular formula is C45H38N2O.